The van der Waals surface area contributed by atoms with Crippen molar-refractivity contribution in [1.29, 1.82) is 0 Å². The second-order valence-electron chi connectivity index (χ2n) is 5.16. The summed E-state index contributed by atoms with van der Waals surface area (Å²) in [6, 6.07) is 12.7. The van der Waals surface area contributed by atoms with E-state index >= 15 is 0 Å². The average Bonchev–Trinajstić information content (AvgIpc) is 3.02. The Labute approximate surface area is 140 Å². The number of hydrogen-bond acceptors (Lipinski definition) is 5. The van der Waals surface area contributed by atoms with Gasteiger partial charge in [0.25, 0.3) is 0 Å². The molecule has 0 radical (unpaired) electrons. The van der Waals surface area contributed by atoms with Gasteiger partial charge in [-0.1, -0.05) is 47.2 Å². The molecule has 0 amide bonds. The molecule has 1 aromatic carbocycles. The molecule has 0 aliphatic carbocycles. The maximum absolute atomic E-state index is 12.7. The van der Waals surface area contributed by atoms with Gasteiger partial charge >= 0.3 is 6.18 Å². The molecule has 2 aromatic heterocycles. The fourth-order valence-corrected chi connectivity index (χ4v) is 2.88. The molecule has 124 valence electrons. The topological polar surface area (TPSA) is 50.7 Å². The van der Waals surface area contributed by atoms with Crippen molar-refractivity contribution in [3.05, 3.63) is 70.5 Å². The lowest BCUT2D eigenvalue weighted by atomic mass is 10.0. The molecule has 0 spiro atoms. The van der Waals surface area contributed by atoms with Crippen LogP contribution in [0.5, 0.6) is 0 Å². The van der Waals surface area contributed by atoms with Gasteiger partial charge in [-0.3, -0.25) is 4.98 Å². The summed E-state index contributed by atoms with van der Waals surface area (Å²) in [5.74, 6) is 0. The third kappa shape index (κ3) is 3.70. The highest BCUT2D eigenvalue weighted by atomic mass is 32.1. The summed E-state index contributed by atoms with van der Waals surface area (Å²) in [6.07, 6.45) is -2.86. The van der Waals surface area contributed by atoms with Crippen molar-refractivity contribution in [1.82, 2.24) is 15.2 Å². The molecule has 1 N–H and O–H groups in total. The Kier molecular flexibility index (Phi) is 4.48. The minimum atomic E-state index is -4.50. The zero-order chi connectivity index (χ0) is 17.2. The zero-order valence-corrected chi connectivity index (χ0v) is 13.4. The number of nitrogens with one attached hydrogen (secondary N) is 1. The minimum absolute atomic E-state index is 0.0967. The number of aromatic nitrogens is 3. The van der Waals surface area contributed by atoms with E-state index in [4.69, 9.17) is 0 Å². The van der Waals surface area contributed by atoms with Gasteiger partial charge in [0.2, 0.25) is 10.1 Å². The van der Waals surface area contributed by atoms with Gasteiger partial charge in [0.15, 0.2) is 0 Å². The van der Waals surface area contributed by atoms with Crippen LogP contribution in [0.3, 0.4) is 0 Å². The molecule has 0 aliphatic rings. The van der Waals surface area contributed by atoms with Crippen LogP contribution in [0.1, 0.15) is 27.9 Å². The molecule has 1 unspecified atom stereocenters. The van der Waals surface area contributed by atoms with E-state index in [1.54, 1.807) is 12.3 Å². The van der Waals surface area contributed by atoms with Gasteiger partial charge in [0, 0.05) is 6.20 Å². The van der Waals surface area contributed by atoms with Crippen LogP contribution in [0.4, 0.5) is 18.3 Å². The molecule has 3 rings (SSSR count). The lowest BCUT2D eigenvalue weighted by Crippen LogP contribution is -2.13. The third-order valence-electron chi connectivity index (χ3n) is 3.29. The SMILES string of the molecule is Cc1cccc(C(Nc2nnc(C(F)(F)F)s2)c2ccccn2)c1. The highest BCUT2D eigenvalue weighted by molar-refractivity contribution is 7.15. The van der Waals surface area contributed by atoms with E-state index in [9.17, 15) is 13.2 Å². The summed E-state index contributed by atoms with van der Waals surface area (Å²) in [6.45, 7) is 1.95. The molecule has 0 bridgehead atoms. The minimum Gasteiger partial charge on any atom is -0.348 e. The highest BCUT2D eigenvalue weighted by Crippen LogP contribution is 2.35. The first-order valence-corrected chi connectivity index (χ1v) is 7.90. The van der Waals surface area contributed by atoms with Crippen molar-refractivity contribution < 1.29 is 13.2 Å². The third-order valence-corrected chi connectivity index (χ3v) is 4.19. The standard InChI is InChI=1S/C16H13F3N4S/c1-10-5-4-6-11(9-10)13(12-7-2-3-8-20-12)21-15-23-22-14(24-15)16(17,18)19/h2-9,13H,1H3,(H,21,23). The van der Waals surface area contributed by atoms with Gasteiger partial charge in [0.05, 0.1) is 11.7 Å². The van der Waals surface area contributed by atoms with Gasteiger partial charge in [-0.2, -0.15) is 13.2 Å². The molecule has 24 heavy (non-hydrogen) atoms. The van der Waals surface area contributed by atoms with Gasteiger partial charge in [0.1, 0.15) is 0 Å². The van der Waals surface area contributed by atoms with Gasteiger partial charge in [-0.05, 0) is 24.6 Å². The van der Waals surface area contributed by atoms with E-state index in [-0.39, 0.29) is 5.13 Å². The predicted molar refractivity (Wildman–Crippen MR) is 85.8 cm³/mol. The molecule has 0 aliphatic heterocycles. The monoisotopic (exact) mass is 350 g/mol. The van der Waals surface area contributed by atoms with E-state index in [1.165, 1.54) is 0 Å². The number of benzene rings is 1. The molecule has 8 heteroatoms. The Morgan fingerprint density at radius 3 is 2.54 bits per heavy atom. The second-order valence-corrected chi connectivity index (χ2v) is 6.13. The molecule has 0 saturated carbocycles. The van der Waals surface area contributed by atoms with Crippen molar-refractivity contribution in [3.63, 3.8) is 0 Å². The van der Waals surface area contributed by atoms with E-state index in [0.29, 0.717) is 17.0 Å². The number of halogens is 3. The molecule has 3 aromatic rings. The first kappa shape index (κ1) is 16.4. The maximum Gasteiger partial charge on any atom is 0.445 e. The molecule has 1 atom stereocenters. The predicted octanol–water partition coefficient (Wildman–Crippen LogP) is 4.46. The highest BCUT2D eigenvalue weighted by Gasteiger charge is 2.36. The molecule has 0 fully saturated rings. The van der Waals surface area contributed by atoms with Crippen molar-refractivity contribution in [2.45, 2.75) is 19.1 Å². The van der Waals surface area contributed by atoms with Crippen molar-refractivity contribution in [2.24, 2.45) is 0 Å². The molecule has 4 nitrogen and oxygen atoms in total. The van der Waals surface area contributed by atoms with Gasteiger partial charge < -0.3 is 5.32 Å². The molecule has 2 heterocycles. The van der Waals surface area contributed by atoms with Gasteiger partial charge in [-0.15, -0.1) is 10.2 Å². The van der Waals surface area contributed by atoms with E-state index < -0.39 is 17.2 Å². The summed E-state index contributed by atoms with van der Waals surface area (Å²) in [5.41, 5.74) is 2.62. The van der Waals surface area contributed by atoms with Crippen molar-refractivity contribution in [2.75, 3.05) is 5.32 Å². The number of aryl methyl sites for hydroxylation is 1. The number of alkyl halides is 3. The number of hydrogen-bond donors (Lipinski definition) is 1. The van der Waals surface area contributed by atoms with Crippen LogP contribution in [0.2, 0.25) is 0 Å². The van der Waals surface area contributed by atoms with E-state index in [2.05, 4.69) is 20.5 Å². The lowest BCUT2D eigenvalue weighted by molar-refractivity contribution is -0.138. The van der Waals surface area contributed by atoms with E-state index in [1.807, 2.05) is 43.3 Å². The summed E-state index contributed by atoms with van der Waals surface area (Å²) in [7, 11) is 0. The summed E-state index contributed by atoms with van der Waals surface area (Å²) in [4.78, 5) is 4.31. The van der Waals surface area contributed by atoms with E-state index in [0.717, 1.165) is 11.1 Å². The molecule has 0 saturated heterocycles. The Morgan fingerprint density at radius 2 is 1.92 bits per heavy atom. The Hall–Kier alpha value is -2.48. The number of anilines is 1. The Morgan fingerprint density at radius 1 is 1.08 bits per heavy atom. The van der Waals surface area contributed by atoms with Crippen LogP contribution in [-0.4, -0.2) is 15.2 Å². The Bertz CT molecular complexity index is 817. The first-order chi connectivity index (χ1) is 11.4. The summed E-state index contributed by atoms with van der Waals surface area (Å²) >= 11 is 0.476. The van der Waals surface area contributed by atoms with Crippen LogP contribution in [-0.2, 0) is 6.18 Å². The number of nitrogens with zero attached hydrogens (tertiary/aromatic N) is 3. The van der Waals surface area contributed by atoms with Crippen LogP contribution >= 0.6 is 11.3 Å². The lowest BCUT2D eigenvalue weighted by Gasteiger charge is -2.18. The summed E-state index contributed by atoms with van der Waals surface area (Å²) < 4.78 is 38.1. The van der Waals surface area contributed by atoms with Crippen molar-refractivity contribution >= 4 is 16.5 Å². The fourth-order valence-electron chi connectivity index (χ4n) is 2.24. The molecular weight excluding hydrogens is 337 g/mol. The smallest absolute Gasteiger partial charge is 0.348 e. The fraction of sp³-hybridized carbons (Fsp3) is 0.188. The van der Waals surface area contributed by atoms with Crippen LogP contribution in [0, 0.1) is 6.92 Å². The number of pyridine rings is 1. The van der Waals surface area contributed by atoms with Gasteiger partial charge in [-0.25, -0.2) is 0 Å². The summed E-state index contributed by atoms with van der Waals surface area (Å²) in [5, 5.41) is 8.94. The normalized spacial score (nSPS) is 12.8. The largest absolute Gasteiger partial charge is 0.445 e. The van der Waals surface area contributed by atoms with Crippen LogP contribution < -0.4 is 5.32 Å². The first-order valence-electron chi connectivity index (χ1n) is 7.08. The average molecular weight is 350 g/mol. The Balaban J connectivity index is 1.95. The van der Waals surface area contributed by atoms with Crippen molar-refractivity contribution in [3.8, 4) is 0 Å². The zero-order valence-electron chi connectivity index (χ0n) is 12.6. The number of rotatable bonds is 4. The second kappa shape index (κ2) is 6.56. The quantitative estimate of drug-likeness (QED) is 0.755. The van der Waals surface area contributed by atoms with Crippen LogP contribution in [0.25, 0.3) is 0 Å². The maximum atomic E-state index is 12.7. The van der Waals surface area contributed by atoms with Crippen LogP contribution in [0.15, 0.2) is 48.7 Å². The molecular formula is C16H13F3N4S.